The van der Waals surface area contributed by atoms with Crippen molar-refractivity contribution in [2.75, 3.05) is 32.8 Å². The second-order valence-electron chi connectivity index (χ2n) is 4.21. The molecule has 4 N–H and O–H groups in total. The summed E-state index contributed by atoms with van der Waals surface area (Å²) in [4.78, 5) is 1.90. The number of halogens is 1. The maximum Gasteiger partial charge on any atom is 0.127 e. The smallest absolute Gasteiger partial charge is 0.127 e. The van der Waals surface area contributed by atoms with E-state index >= 15 is 0 Å². The Hall–Kier alpha value is -1.01. The minimum absolute atomic E-state index is 0.0366. The highest BCUT2D eigenvalue weighted by molar-refractivity contribution is 5.20. The monoisotopic (exact) mass is 256 g/mol. The Kier molecular flexibility index (Phi) is 6.82. The molecule has 0 aliphatic heterocycles. The van der Waals surface area contributed by atoms with Gasteiger partial charge in [-0.05, 0) is 12.5 Å². The molecular weight excluding hydrogens is 235 g/mol. The minimum Gasteiger partial charge on any atom is -0.395 e. The van der Waals surface area contributed by atoms with E-state index in [1.165, 1.54) is 6.07 Å². The van der Waals surface area contributed by atoms with Crippen LogP contribution in [0.25, 0.3) is 0 Å². The van der Waals surface area contributed by atoms with Gasteiger partial charge in [0, 0.05) is 31.2 Å². The molecule has 0 bridgehead atoms. The topological polar surface area (TPSA) is 69.7 Å². The van der Waals surface area contributed by atoms with Crippen LogP contribution in [0, 0.1) is 5.82 Å². The molecule has 1 aromatic carbocycles. The molecule has 102 valence electrons. The fourth-order valence-electron chi connectivity index (χ4n) is 1.87. The predicted molar refractivity (Wildman–Crippen MR) is 68.6 cm³/mol. The number of aliphatic hydroxyl groups excluding tert-OH is 2. The third-order valence-electron chi connectivity index (χ3n) is 2.89. The Morgan fingerprint density at radius 3 is 2.28 bits per heavy atom. The molecule has 0 radical (unpaired) electrons. The second kappa shape index (κ2) is 8.16. The summed E-state index contributed by atoms with van der Waals surface area (Å²) >= 11 is 0. The van der Waals surface area contributed by atoms with Gasteiger partial charge in [0.1, 0.15) is 5.82 Å². The first-order valence-electron chi connectivity index (χ1n) is 6.13. The van der Waals surface area contributed by atoms with Crippen LogP contribution in [0.4, 0.5) is 4.39 Å². The quantitative estimate of drug-likeness (QED) is 0.633. The molecule has 0 spiro atoms. The molecule has 1 rings (SSSR count). The lowest BCUT2D eigenvalue weighted by molar-refractivity contribution is 0.157. The lowest BCUT2D eigenvalue weighted by Gasteiger charge is -2.22. The molecule has 1 aromatic rings. The van der Waals surface area contributed by atoms with Crippen molar-refractivity contribution < 1.29 is 14.6 Å². The van der Waals surface area contributed by atoms with Crippen LogP contribution < -0.4 is 5.73 Å². The molecule has 0 aliphatic carbocycles. The third kappa shape index (κ3) is 4.70. The normalized spacial score (nSPS) is 12.9. The van der Waals surface area contributed by atoms with Crippen molar-refractivity contribution >= 4 is 0 Å². The van der Waals surface area contributed by atoms with E-state index in [4.69, 9.17) is 15.9 Å². The van der Waals surface area contributed by atoms with Gasteiger partial charge in [-0.2, -0.15) is 0 Å². The van der Waals surface area contributed by atoms with Crippen LogP contribution in [0.1, 0.15) is 18.0 Å². The highest BCUT2D eigenvalue weighted by Crippen LogP contribution is 2.17. The number of hydrogen-bond donors (Lipinski definition) is 3. The van der Waals surface area contributed by atoms with E-state index in [-0.39, 0.29) is 25.1 Å². The number of rotatable bonds is 8. The van der Waals surface area contributed by atoms with Crippen LogP contribution in [-0.2, 0) is 0 Å². The van der Waals surface area contributed by atoms with Gasteiger partial charge < -0.3 is 15.9 Å². The maximum absolute atomic E-state index is 13.5. The van der Waals surface area contributed by atoms with Crippen molar-refractivity contribution in [1.82, 2.24) is 4.90 Å². The fraction of sp³-hybridized carbons (Fsp3) is 0.538. The first-order chi connectivity index (χ1) is 8.69. The van der Waals surface area contributed by atoms with Gasteiger partial charge in [0.2, 0.25) is 0 Å². The summed E-state index contributed by atoms with van der Waals surface area (Å²) < 4.78 is 13.5. The number of nitrogens with two attached hydrogens (primary N) is 1. The van der Waals surface area contributed by atoms with Crippen molar-refractivity contribution in [1.29, 1.82) is 0 Å². The van der Waals surface area contributed by atoms with Gasteiger partial charge in [-0.15, -0.1) is 0 Å². The van der Waals surface area contributed by atoms with Crippen LogP contribution in [0.2, 0.25) is 0 Å². The van der Waals surface area contributed by atoms with E-state index in [0.717, 1.165) is 0 Å². The lowest BCUT2D eigenvalue weighted by atomic mass is 10.0. The summed E-state index contributed by atoms with van der Waals surface area (Å²) in [6.45, 7) is 1.68. The van der Waals surface area contributed by atoms with Crippen molar-refractivity contribution in [2.45, 2.75) is 12.5 Å². The van der Waals surface area contributed by atoms with Gasteiger partial charge in [0.25, 0.3) is 0 Å². The highest BCUT2D eigenvalue weighted by Gasteiger charge is 2.12. The highest BCUT2D eigenvalue weighted by atomic mass is 19.1. The predicted octanol–water partition coefficient (Wildman–Crippen LogP) is 0.502. The van der Waals surface area contributed by atoms with Gasteiger partial charge in [-0.1, -0.05) is 18.2 Å². The SMILES string of the molecule is NC(CCN(CCO)CCO)c1ccccc1F. The molecule has 0 aromatic heterocycles. The zero-order valence-corrected chi connectivity index (χ0v) is 10.4. The Bertz CT molecular complexity index is 344. The molecule has 5 heteroatoms. The Labute approximate surface area is 107 Å². The van der Waals surface area contributed by atoms with Crippen LogP contribution in [-0.4, -0.2) is 48.0 Å². The number of nitrogens with zero attached hydrogens (tertiary/aromatic N) is 1. The first kappa shape index (κ1) is 15.0. The van der Waals surface area contributed by atoms with E-state index in [9.17, 15) is 4.39 Å². The second-order valence-corrected chi connectivity index (χ2v) is 4.21. The van der Waals surface area contributed by atoms with E-state index in [1.807, 2.05) is 4.90 Å². The van der Waals surface area contributed by atoms with Gasteiger partial charge >= 0.3 is 0 Å². The lowest BCUT2D eigenvalue weighted by Crippen LogP contribution is -2.32. The first-order valence-corrected chi connectivity index (χ1v) is 6.13. The van der Waals surface area contributed by atoms with Gasteiger partial charge in [0.15, 0.2) is 0 Å². The molecule has 0 heterocycles. The average molecular weight is 256 g/mol. The fourth-order valence-corrected chi connectivity index (χ4v) is 1.87. The average Bonchev–Trinajstić information content (AvgIpc) is 2.36. The zero-order chi connectivity index (χ0) is 13.4. The van der Waals surface area contributed by atoms with E-state index in [2.05, 4.69) is 0 Å². The summed E-state index contributed by atoms with van der Waals surface area (Å²) in [5, 5.41) is 17.8. The minimum atomic E-state index is -0.369. The van der Waals surface area contributed by atoms with E-state index in [0.29, 0.717) is 31.6 Å². The molecule has 0 saturated heterocycles. The van der Waals surface area contributed by atoms with E-state index in [1.54, 1.807) is 18.2 Å². The standard InChI is InChI=1S/C13H21FN2O2/c14-12-4-2-1-3-11(12)13(15)5-6-16(7-9-17)8-10-18/h1-4,13,17-18H,5-10,15H2. The maximum atomic E-state index is 13.5. The Morgan fingerprint density at radius 1 is 1.11 bits per heavy atom. The molecule has 0 fully saturated rings. The summed E-state index contributed by atoms with van der Waals surface area (Å²) in [5.74, 6) is -0.291. The largest absolute Gasteiger partial charge is 0.395 e. The van der Waals surface area contributed by atoms with Crippen molar-refractivity contribution in [3.05, 3.63) is 35.6 Å². The number of aliphatic hydroxyl groups is 2. The molecular formula is C13H21FN2O2. The molecule has 0 saturated carbocycles. The van der Waals surface area contributed by atoms with E-state index < -0.39 is 0 Å². The Morgan fingerprint density at radius 2 is 1.72 bits per heavy atom. The molecule has 18 heavy (non-hydrogen) atoms. The molecule has 1 unspecified atom stereocenters. The Balaban J connectivity index is 2.49. The number of hydrogen-bond acceptors (Lipinski definition) is 4. The molecule has 4 nitrogen and oxygen atoms in total. The summed E-state index contributed by atoms with van der Waals surface area (Å²) in [6, 6.07) is 6.11. The molecule has 1 atom stereocenters. The summed E-state index contributed by atoms with van der Waals surface area (Å²) in [5.41, 5.74) is 6.45. The van der Waals surface area contributed by atoms with Crippen LogP contribution in [0.5, 0.6) is 0 Å². The summed E-state index contributed by atoms with van der Waals surface area (Å²) in [6.07, 6.45) is 0.584. The van der Waals surface area contributed by atoms with Gasteiger partial charge in [0.05, 0.1) is 13.2 Å². The van der Waals surface area contributed by atoms with Crippen molar-refractivity contribution in [3.63, 3.8) is 0 Å². The third-order valence-corrected chi connectivity index (χ3v) is 2.89. The van der Waals surface area contributed by atoms with Crippen LogP contribution in [0.3, 0.4) is 0 Å². The molecule has 0 amide bonds. The zero-order valence-electron chi connectivity index (χ0n) is 10.4. The van der Waals surface area contributed by atoms with Crippen molar-refractivity contribution in [3.8, 4) is 0 Å². The molecule has 0 aliphatic rings. The van der Waals surface area contributed by atoms with Crippen LogP contribution in [0.15, 0.2) is 24.3 Å². The van der Waals surface area contributed by atoms with Gasteiger partial charge in [-0.3, -0.25) is 4.90 Å². The summed E-state index contributed by atoms with van der Waals surface area (Å²) in [7, 11) is 0. The van der Waals surface area contributed by atoms with Crippen molar-refractivity contribution in [2.24, 2.45) is 5.73 Å². The number of benzene rings is 1. The van der Waals surface area contributed by atoms with Gasteiger partial charge in [-0.25, -0.2) is 4.39 Å². The van der Waals surface area contributed by atoms with Crippen LogP contribution >= 0.6 is 0 Å².